The highest BCUT2D eigenvalue weighted by atomic mass is 32.2. The van der Waals surface area contributed by atoms with Gasteiger partial charge in [-0.3, -0.25) is 4.55 Å². The number of carboxylic acids is 1. The summed E-state index contributed by atoms with van der Waals surface area (Å²) < 4.78 is 28.1. The zero-order valence-corrected chi connectivity index (χ0v) is 6.21. The maximum atomic E-state index is 10.00. The summed E-state index contributed by atoms with van der Waals surface area (Å²) in [4.78, 5) is 9.85. The fraction of sp³-hybridized carbons (Fsp3) is 0.500. The maximum Gasteiger partial charge on any atom is 0.339 e. The van der Waals surface area contributed by atoms with Gasteiger partial charge in [-0.1, -0.05) is 0 Å². The van der Waals surface area contributed by atoms with Crippen LogP contribution in [-0.4, -0.2) is 34.9 Å². The number of rotatable bonds is 4. The van der Waals surface area contributed by atoms with Crippen LogP contribution < -0.4 is 0 Å². The van der Waals surface area contributed by atoms with Crippen molar-refractivity contribution in [2.45, 2.75) is 6.42 Å². The number of hydrogen-bond donors (Lipinski definition) is 3. The summed E-state index contributed by atoms with van der Waals surface area (Å²) in [7, 11) is -4.20. The van der Waals surface area contributed by atoms with Crippen LogP contribution in [0.2, 0.25) is 0 Å². The van der Waals surface area contributed by atoms with E-state index in [1.165, 1.54) is 0 Å². The molecule has 0 heterocycles. The lowest BCUT2D eigenvalue weighted by atomic mass is 10.3. The minimum absolute atomic E-state index is 0.589. The minimum Gasteiger partial charge on any atom is -0.479 e. The average molecular weight is 183 g/mol. The van der Waals surface area contributed by atoms with E-state index in [1.807, 2.05) is 0 Å². The van der Waals surface area contributed by atoms with Crippen LogP contribution >= 0.6 is 0 Å². The minimum atomic E-state index is -4.20. The van der Waals surface area contributed by atoms with Gasteiger partial charge in [-0.25, -0.2) is 4.79 Å². The van der Waals surface area contributed by atoms with Crippen LogP contribution in [0.15, 0.2) is 0 Å². The van der Waals surface area contributed by atoms with Crippen molar-refractivity contribution in [3.05, 3.63) is 6.10 Å². The Morgan fingerprint density at radius 2 is 1.73 bits per heavy atom. The van der Waals surface area contributed by atoms with Crippen molar-refractivity contribution in [3.63, 3.8) is 0 Å². The Labute approximate surface area is 63.2 Å². The van der Waals surface area contributed by atoms with E-state index in [4.69, 9.17) is 14.8 Å². The van der Waals surface area contributed by atoms with E-state index in [9.17, 15) is 13.2 Å². The Balaban J connectivity index is 3.82. The Morgan fingerprint density at radius 1 is 1.27 bits per heavy atom. The van der Waals surface area contributed by atoms with Crippen LogP contribution in [0.4, 0.5) is 0 Å². The number of hydrogen-bond acceptors (Lipinski definition) is 4. The molecular weight excluding hydrogens is 176 g/mol. The highest BCUT2D eigenvalue weighted by molar-refractivity contribution is 7.85. The lowest BCUT2D eigenvalue weighted by Gasteiger charge is -2.00. The van der Waals surface area contributed by atoms with Crippen LogP contribution in [0, 0.1) is 6.10 Å². The van der Waals surface area contributed by atoms with Crippen molar-refractivity contribution in [2.75, 3.05) is 5.75 Å². The van der Waals surface area contributed by atoms with E-state index in [2.05, 4.69) is 0 Å². The van der Waals surface area contributed by atoms with Crippen molar-refractivity contribution in [1.29, 1.82) is 0 Å². The van der Waals surface area contributed by atoms with Crippen molar-refractivity contribution >= 4 is 16.1 Å². The molecule has 0 bridgehead atoms. The Hall–Kier alpha value is -0.660. The molecule has 0 saturated heterocycles. The summed E-state index contributed by atoms with van der Waals surface area (Å²) in [6, 6.07) is 0. The van der Waals surface area contributed by atoms with Crippen molar-refractivity contribution in [3.8, 4) is 0 Å². The molecule has 0 amide bonds. The first-order chi connectivity index (χ1) is 4.83. The Morgan fingerprint density at radius 3 is 2.00 bits per heavy atom. The fourth-order valence-electron chi connectivity index (χ4n) is 0.333. The first-order valence-corrected chi connectivity index (χ1v) is 4.17. The molecule has 0 rings (SSSR count). The number of aliphatic carboxylic acids is 1. The topological polar surface area (TPSA) is 112 Å². The third-order valence-corrected chi connectivity index (χ3v) is 1.56. The lowest BCUT2D eigenvalue weighted by molar-refractivity contribution is -0.139. The van der Waals surface area contributed by atoms with Crippen molar-refractivity contribution in [2.24, 2.45) is 0 Å². The fourth-order valence-corrected chi connectivity index (χ4v) is 0.784. The molecule has 7 heteroatoms. The molecule has 0 spiro atoms. The van der Waals surface area contributed by atoms with E-state index in [-0.39, 0.29) is 0 Å². The zero-order chi connectivity index (χ0) is 9.07. The molecule has 6 nitrogen and oxygen atoms in total. The normalized spacial score (nSPS) is 11.9. The van der Waals surface area contributed by atoms with Gasteiger partial charge in [0.05, 0.1) is 5.75 Å². The third kappa shape index (κ3) is 5.77. The molecule has 1 radical (unpaired) electrons. The van der Waals surface area contributed by atoms with E-state index in [0.29, 0.717) is 0 Å². The zero-order valence-electron chi connectivity index (χ0n) is 5.39. The van der Waals surface area contributed by atoms with Crippen LogP contribution in [0.1, 0.15) is 6.42 Å². The molecule has 0 aliphatic heterocycles. The SMILES string of the molecule is O=C(O)[C](O)CCS(=O)(=O)O. The summed E-state index contributed by atoms with van der Waals surface area (Å²) in [6.07, 6.45) is -1.57. The molecule has 0 aliphatic rings. The molecule has 0 fully saturated rings. The molecule has 11 heavy (non-hydrogen) atoms. The molecule has 0 aromatic heterocycles. The van der Waals surface area contributed by atoms with E-state index < -0.39 is 34.4 Å². The molecule has 65 valence electrons. The molecule has 0 saturated carbocycles. The van der Waals surface area contributed by atoms with Crippen LogP contribution in [0.5, 0.6) is 0 Å². The standard InChI is InChI=1S/C4H7O6S/c5-3(4(6)7)1-2-11(8,9)10/h5H,1-2H2,(H,6,7)(H,8,9,10). The van der Waals surface area contributed by atoms with Crippen LogP contribution in [0.3, 0.4) is 0 Å². The number of carbonyl (C=O) groups is 1. The largest absolute Gasteiger partial charge is 0.479 e. The van der Waals surface area contributed by atoms with Crippen molar-refractivity contribution < 1.29 is 28.0 Å². The van der Waals surface area contributed by atoms with Gasteiger partial charge in [0.15, 0.2) is 0 Å². The average Bonchev–Trinajstić information content (AvgIpc) is 1.80. The lowest BCUT2D eigenvalue weighted by Crippen LogP contribution is -2.15. The van der Waals surface area contributed by atoms with Gasteiger partial charge in [-0.15, -0.1) is 0 Å². The van der Waals surface area contributed by atoms with Gasteiger partial charge in [-0.05, 0) is 0 Å². The predicted molar refractivity (Wildman–Crippen MR) is 33.8 cm³/mol. The predicted octanol–water partition coefficient (Wildman–Crippen LogP) is -0.747. The molecular formula is C4H7O6S. The van der Waals surface area contributed by atoms with E-state index in [1.54, 1.807) is 0 Å². The molecule has 0 atom stereocenters. The summed E-state index contributed by atoms with van der Waals surface area (Å²) in [5.74, 6) is -2.38. The molecule has 0 aliphatic carbocycles. The highest BCUT2D eigenvalue weighted by Crippen LogP contribution is 2.02. The van der Waals surface area contributed by atoms with E-state index in [0.717, 1.165) is 0 Å². The summed E-state index contributed by atoms with van der Waals surface area (Å²) in [5, 5.41) is 16.4. The van der Waals surface area contributed by atoms with Crippen molar-refractivity contribution in [1.82, 2.24) is 0 Å². The number of aliphatic hydroxyl groups excluding tert-OH is 1. The number of aliphatic hydroxyl groups is 1. The Kier molecular flexibility index (Phi) is 3.43. The first kappa shape index (κ1) is 10.3. The molecule has 0 aromatic carbocycles. The summed E-state index contributed by atoms with van der Waals surface area (Å²) in [5.41, 5.74) is 0. The highest BCUT2D eigenvalue weighted by Gasteiger charge is 2.17. The smallest absolute Gasteiger partial charge is 0.339 e. The Bertz CT molecular complexity index is 229. The van der Waals surface area contributed by atoms with Gasteiger partial charge >= 0.3 is 5.97 Å². The van der Waals surface area contributed by atoms with Gasteiger partial charge in [0.2, 0.25) is 6.10 Å². The quantitative estimate of drug-likeness (QED) is 0.494. The maximum absolute atomic E-state index is 10.00. The van der Waals surface area contributed by atoms with Crippen LogP contribution in [0.25, 0.3) is 0 Å². The van der Waals surface area contributed by atoms with E-state index >= 15 is 0 Å². The van der Waals surface area contributed by atoms with Gasteiger partial charge in [-0.2, -0.15) is 8.42 Å². The monoisotopic (exact) mass is 183 g/mol. The van der Waals surface area contributed by atoms with Crippen LogP contribution in [-0.2, 0) is 14.9 Å². The van der Waals surface area contributed by atoms with Gasteiger partial charge in [0.1, 0.15) is 0 Å². The number of carboxylic acid groups (broad SMARTS) is 1. The second kappa shape index (κ2) is 3.65. The van der Waals surface area contributed by atoms with Gasteiger partial charge in [0.25, 0.3) is 10.1 Å². The molecule has 0 unspecified atom stereocenters. The summed E-state index contributed by atoms with van der Waals surface area (Å²) >= 11 is 0. The van der Waals surface area contributed by atoms with Gasteiger partial charge in [0, 0.05) is 6.42 Å². The summed E-state index contributed by atoms with van der Waals surface area (Å²) in [6.45, 7) is 0. The second-order valence-corrected chi connectivity index (χ2v) is 3.36. The molecule has 3 N–H and O–H groups in total. The molecule has 0 aromatic rings. The van der Waals surface area contributed by atoms with Gasteiger partial charge < -0.3 is 10.2 Å². The third-order valence-electron chi connectivity index (χ3n) is 0.844. The first-order valence-electron chi connectivity index (χ1n) is 2.56. The second-order valence-electron chi connectivity index (χ2n) is 1.79.